The first-order chi connectivity index (χ1) is 7.63. The van der Waals surface area contributed by atoms with Gasteiger partial charge < -0.3 is 9.47 Å². The Balaban J connectivity index is 3.22. The first kappa shape index (κ1) is 12.3. The van der Waals surface area contributed by atoms with Crippen LogP contribution in [0.4, 0.5) is 0 Å². The lowest BCUT2D eigenvalue weighted by molar-refractivity contribution is 0.337. The summed E-state index contributed by atoms with van der Waals surface area (Å²) < 4.78 is 10.4. The Morgan fingerprint density at radius 1 is 1.25 bits per heavy atom. The first-order valence-corrected chi connectivity index (χ1v) is 4.92. The van der Waals surface area contributed by atoms with E-state index in [0.29, 0.717) is 5.75 Å². The molecule has 0 spiro atoms. The third-order valence-corrected chi connectivity index (χ3v) is 2.37. The van der Waals surface area contributed by atoms with E-state index in [1.165, 1.54) is 0 Å². The zero-order valence-electron chi connectivity index (χ0n) is 10.0. The molecule has 0 fully saturated rings. The quantitative estimate of drug-likeness (QED) is 0.776. The Morgan fingerprint density at radius 2 is 1.94 bits per heavy atom. The maximum absolute atomic E-state index is 9.15. The fourth-order valence-electron chi connectivity index (χ4n) is 1.52. The van der Waals surface area contributed by atoms with Gasteiger partial charge >= 0.3 is 0 Å². The average molecular weight is 220 g/mol. The van der Waals surface area contributed by atoms with E-state index in [0.717, 1.165) is 11.3 Å². The minimum absolute atomic E-state index is 0.343. The molecule has 0 N–H and O–H groups in total. The monoisotopic (exact) mass is 220 g/mol. The number of benzene rings is 1. The van der Waals surface area contributed by atoms with Gasteiger partial charge in [0.1, 0.15) is 17.5 Å². The fraction of sp³-hybridized carbons (Fsp3) is 0.417. The van der Waals surface area contributed by atoms with Gasteiger partial charge in [-0.2, -0.15) is 5.26 Å². The van der Waals surface area contributed by atoms with E-state index in [4.69, 9.17) is 14.7 Å². The Morgan fingerprint density at radius 3 is 2.38 bits per heavy atom. The number of methoxy groups -OCH3 is 2. The minimum atomic E-state index is -0.343. The second-order valence-electron chi connectivity index (χ2n) is 3.60. The molecule has 1 rings (SSSR count). The molecular formula is C12H16N2O2. The zero-order valence-corrected chi connectivity index (χ0v) is 10.0. The van der Waals surface area contributed by atoms with Crippen LogP contribution in [0.15, 0.2) is 18.2 Å². The molecule has 1 aromatic rings. The summed E-state index contributed by atoms with van der Waals surface area (Å²) in [6, 6.07) is 7.34. The normalized spacial score (nSPS) is 12.0. The summed E-state index contributed by atoms with van der Waals surface area (Å²) >= 11 is 0. The predicted molar refractivity (Wildman–Crippen MR) is 61.6 cm³/mol. The van der Waals surface area contributed by atoms with Gasteiger partial charge in [0.2, 0.25) is 0 Å². The Labute approximate surface area is 96.0 Å². The molecule has 0 amide bonds. The molecule has 0 heterocycles. The molecule has 0 saturated carbocycles. The van der Waals surface area contributed by atoms with Crippen molar-refractivity contribution in [2.45, 2.75) is 6.04 Å². The van der Waals surface area contributed by atoms with E-state index in [1.54, 1.807) is 14.2 Å². The van der Waals surface area contributed by atoms with E-state index in [2.05, 4.69) is 6.07 Å². The standard InChI is InChI=1S/C12H16N2O2/c1-14(2)11(8-13)10-7-9(15-3)5-6-12(10)16-4/h5-7,11H,1-4H3. The van der Waals surface area contributed by atoms with Crippen LogP contribution >= 0.6 is 0 Å². The molecule has 0 aliphatic rings. The van der Waals surface area contributed by atoms with Crippen molar-refractivity contribution < 1.29 is 9.47 Å². The maximum Gasteiger partial charge on any atom is 0.127 e. The Bertz CT molecular complexity index is 396. The molecule has 4 nitrogen and oxygen atoms in total. The maximum atomic E-state index is 9.15. The first-order valence-electron chi connectivity index (χ1n) is 4.92. The summed E-state index contributed by atoms with van der Waals surface area (Å²) in [5.41, 5.74) is 0.814. The number of ether oxygens (including phenoxy) is 2. The largest absolute Gasteiger partial charge is 0.497 e. The summed E-state index contributed by atoms with van der Waals surface area (Å²) in [6.45, 7) is 0. The fourth-order valence-corrected chi connectivity index (χ4v) is 1.52. The van der Waals surface area contributed by atoms with Crippen LogP contribution in [0.5, 0.6) is 11.5 Å². The summed E-state index contributed by atoms with van der Waals surface area (Å²) in [5, 5.41) is 9.15. The van der Waals surface area contributed by atoms with E-state index in [-0.39, 0.29) is 6.04 Å². The van der Waals surface area contributed by atoms with Crippen molar-refractivity contribution in [2.75, 3.05) is 28.3 Å². The zero-order chi connectivity index (χ0) is 12.1. The van der Waals surface area contributed by atoms with E-state index < -0.39 is 0 Å². The summed E-state index contributed by atoms with van der Waals surface area (Å²) in [5.74, 6) is 1.42. The number of rotatable bonds is 4. The van der Waals surface area contributed by atoms with Gasteiger partial charge in [-0.1, -0.05) is 0 Å². The van der Waals surface area contributed by atoms with Gasteiger partial charge in [-0.05, 0) is 32.3 Å². The highest BCUT2D eigenvalue weighted by atomic mass is 16.5. The van der Waals surface area contributed by atoms with Crippen molar-refractivity contribution in [1.29, 1.82) is 5.26 Å². The topological polar surface area (TPSA) is 45.5 Å². The molecule has 4 heteroatoms. The number of hydrogen-bond acceptors (Lipinski definition) is 4. The van der Waals surface area contributed by atoms with Crippen LogP contribution in [0.3, 0.4) is 0 Å². The SMILES string of the molecule is COc1ccc(OC)c(C(C#N)N(C)C)c1. The number of nitrogens with zero attached hydrogens (tertiary/aromatic N) is 2. The van der Waals surface area contributed by atoms with Crippen LogP contribution in [-0.4, -0.2) is 33.2 Å². The van der Waals surface area contributed by atoms with Gasteiger partial charge in [-0.25, -0.2) is 0 Å². The van der Waals surface area contributed by atoms with Crippen molar-refractivity contribution >= 4 is 0 Å². The minimum Gasteiger partial charge on any atom is -0.497 e. The summed E-state index contributed by atoms with van der Waals surface area (Å²) in [6.07, 6.45) is 0. The van der Waals surface area contributed by atoms with Crippen molar-refractivity contribution in [3.8, 4) is 17.6 Å². The van der Waals surface area contributed by atoms with Gasteiger partial charge in [-0.3, -0.25) is 4.90 Å². The van der Waals surface area contributed by atoms with Gasteiger partial charge in [0.15, 0.2) is 0 Å². The number of nitriles is 1. The Hall–Kier alpha value is -1.73. The van der Waals surface area contributed by atoms with Crippen molar-refractivity contribution in [3.05, 3.63) is 23.8 Å². The van der Waals surface area contributed by atoms with Gasteiger partial charge in [0, 0.05) is 5.56 Å². The molecule has 0 bridgehead atoms. The lowest BCUT2D eigenvalue weighted by Gasteiger charge is -2.20. The van der Waals surface area contributed by atoms with Crippen LogP contribution in [0.25, 0.3) is 0 Å². The second kappa shape index (κ2) is 5.38. The molecule has 0 aliphatic heterocycles. The second-order valence-corrected chi connectivity index (χ2v) is 3.60. The highest BCUT2D eigenvalue weighted by Gasteiger charge is 2.18. The van der Waals surface area contributed by atoms with E-state index in [1.807, 2.05) is 37.2 Å². The van der Waals surface area contributed by atoms with Gasteiger partial charge in [0.25, 0.3) is 0 Å². The molecule has 0 aliphatic carbocycles. The average Bonchev–Trinajstić information content (AvgIpc) is 2.29. The molecular weight excluding hydrogens is 204 g/mol. The molecule has 0 aromatic heterocycles. The summed E-state index contributed by atoms with van der Waals surface area (Å²) in [4.78, 5) is 1.83. The number of hydrogen-bond donors (Lipinski definition) is 0. The highest BCUT2D eigenvalue weighted by molar-refractivity contribution is 5.44. The van der Waals surface area contributed by atoms with Crippen molar-refractivity contribution in [2.24, 2.45) is 0 Å². The molecule has 1 aromatic carbocycles. The molecule has 1 unspecified atom stereocenters. The highest BCUT2D eigenvalue weighted by Crippen LogP contribution is 2.31. The Kier molecular flexibility index (Phi) is 4.15. The smallest absolute Gasteiger partial charge is 0.127 e. The lowest BCUT2D eigenvalue weighted by atomic mass is 10.1. The third-order valence-electron chi connectivity index (χ3n) is 2.37. The van der Waals surface area contributed by atoms with Crippen LogP contribution in [-0.2, 0) is 0 Å². The van der Waals surface area contributed by atoms with Crippen LogP contribution < -0.4 is 9.47 Å². The van der Waals surface area contributed by atoms with E-state index >= 15 is 0 Å². The van der Waals surface area contributed by atoms with Crippen LogP contribution in [0.2, 0.25) is 0 Å². The van der Waals surface area contributed by atoms with Gasteiger partial charge in [0.05, 0.1) is 20.3 Å². The molecule has 1 atom stereocenters. The molecule has 16 heavy (non-hydrogen) atoms. The summed E-state index contributed by atoms with van der Waals surface area (Å²) in [7, 11) is 6.90. The molecule has 0 saturated heterocycles. The van der Waals surface area contributed by atoms with Crippen molar-refractivity contribution in [1.82, 2.24) is 4.90 Å². The van der Waals surface area contributed by atoms with Crippen LogP contribution in [0.1, 0.15) is 11.6 Å². The van der Waals surface area contributed by atoms with Crippen molar-refractivity contribution in [3.63, 3.8) is 0 Å². The third kappa shape index (κ3) is 2.44. The lowest BCUT2D eigenvalue weighted by Crippen LogP contribution is -2.19. The van der Waals surface area contributed by atoms with Gasteiger partial charge in [-0.15, -0.1) is 0 Å². The van der Waals surface area contributed by atoms with E-state index in [9.17, 15) is 0 Å². The molecule has 0 radical (unpaired) electrons. The molecule has 86 valence electrons. The predicted octanol–water partition coefficient (Wildman–Crippen LogP) is 1.83. The van der Waals surface area contributed by atoms with Crippen LogP contribution in [0, 0.1) is 11.3 Å².